The zero-order chi connectivity index (χ0) is 19.6. The molecule has 0 aliphatic rings. The van der Waals surface area contributed by atoms with Crippen molar-refractivity contribution < 1.29 is 18.0 Å². The van der Waals surface area contributed by atoms with E-state index in [0.29, 0.717) is 32.8 Å². The van der Waals surface area contributed by atoms with Crippen molar-refractivity contribution >= 4 is 28.6 Å². The Morgan fingerprint density at radius 3 is 2.44 bits per heavy atom. The van der Waals surface area contributed by atoms with Crippen molar-refractivity contribution in [3.8, 4) is 0 Å². The predicted octanol–water partition coefficient (Wildman–Crippen LogP) is 5.00. The average molecular weight is 390 g/mol. The number of rotatable bonds is 5. The van der Waals surface area contributed by atoms with E-state index in [1.807, 2.05) is 6.92 Å². The quantitative estimate of drug-likeness (QED) is 0.623. The minimum Gasteiger partial charge on any atom is -0.348 e. The first-order valence-electron chi connectivity index (χ1n) is 8.35. The van der Waals surface area contributed by atoms with Gasteiger partial charge in [0.05, 0.1) is 11.1 Å². The molecule has 1 amide bonds. The van der Waals surface area contributed by atoms with Gasteiger partial charge in [-0.25, -0.2) is 18.2 Å². The van der Waals surface area contributed by atoms with Crippen LogP contribution < -0.4 is 5.32 Å². The normalized spacial score (nSPS) is 11.0. The zero-order valence-electron chi connectivity index (χ0n) is 14.8. The molecule has 7 heteroatoms. The average Bonchev–Trinajstić information content (AvgIpc) is 2.63. The summed E-state index contributed by atoms with van der Waals surface area (Å²) in [6.07, 6.45) is 0. The summed E-state index contributed by atoms with van der Waals surface area (Å²) in [5.74, 6) is -2.02. The van der Waals surface area contributed by atoms with Gasteiger partial charge in [0.25, 0.3) is 5.91 Å². The third-order valence-corrected chi connectivity index (χ3v) is 4.99. The molecule has 0 aliphatic carbocycles. The summed E-state index contributed by atoms with van der Waals surface area (Å²) in [6.45, 7) is 3.82. The second-order valence-electron chi connectivity index (χ2n) is 5.94. The molecule has 1 heterocycles. The van der Waals surface area contributed by atoms with Gasteiger partial charge in [-0.15, -0.1) is 11.8 Å². The van der Waals surface area contributed by atoms with Gasteiger partial charge in [-0.1, -0.05) is 19.1 Å². The fourth-order valence-electron chi connectivity index (χ4n) is 2.77. The van der Waals surface area contributed by atoms with E-state index < -0.39 is 11.6 Å². The molecule has 0 bridgehead atoms. The Labute approximate surface area is 159 Å². The van der Waals surface area contributed by atoms with Crippen LogP contribution in [0.25, 0.3) is 10.9 Å². The van der Waals surface area contributed by atoms with E-state index in [2.05, 4.69) is 10.3 Å². The summed E-state index contributed by atoms with van der Waals surface area (Å²) in [5.41, 5.74) is 1.92. The Morgan fingerprint density at radius 2 is 1.78 bits per heavy atom. The van der Waals surface area contributed by atoms with E-state index in [9.17, 15) is 18.0 Å². The lowest BCUT2D eigenvalue weighted by atomic mass is 10.0. The molecule has 3 nitrogen and oxygen atoms in total. The SMILES string of the molecule is CCSc1nc2cc(F)c(F)cc2c(C)c1C(=O)NCc1ccc(F)cc1. The number of thioether (sulfide) groups is 1. The number of hydrogen-bond donors (Lipinski definition) is 1. The van der Waals surface area contributed by atoms with Gasteiger partial charge in [-0.05, 0) is 42.0 Å². The first-order valence-corrected chi connectivity index (χ1v) is 9.34. The van der Waals surface area contributed by atoms with Crippen molar-refractivity contribution in [2.24, 2.45) is 0 Å². The van der Waals surface area contributed by atoms with Crippen molar-refractivity contribution in [3.05, 3.63) is 70.5 Å². The number of carbonyl (C=O) groups is 1. The van der Waals surface area contributed by atoms with Crippen LogP contribution in [0.5, 0.6) is 0 Å². The number of nitrogens with one attached hydrogen (secondary N) is 1. The van der Waals surface area contributed by atoms with Gasteiger partial charge in [0, 0.05) is 18.0 Å². The van der Waals surface area contributed by atoms with Crippen LogP contribution in [0, 0.1) is 24.4 Å². The first-order chi connectivity index (χ1) is 12.9. The molecule has 3 rings (SSSR count). The van der Waals surface area contributed by atoms with Gasteiger partial charge in [0.15, 0.2) is 11.6 Å². The Bertz CT molecular complexity index is 1010. The molecule has 0 aliphatic heterocycles. The Kier molecular flexibility index (Phi) is 5.70. The van der Waals surface area contributed by atoms with Crippen LogP contribution >= 0.6 is 11.8 Å². The maximum Gasteiger partial charge on any atom is 0.254 e. The lowest BCUT2D eigenvalue weighted by molar-refractivity contribution is 0.0947. The molecule has 27 heavy (non-hydrogen) atoms. The van der Waals surface area contributed by atoms with Gasteiger partial charge < -0.3 is 5.32 Å². The highest BCUT2D eigenvalue weighted by atomic mass is 32.2. The van der Waals surface area contributed by atoms with E-state index in [4.69, 9.17) is 0 Å². The van der Waals surface area contributed by atoms with E-state index in [1.54, 1.807) is 19.1 Å². The van der Waals surface area contributed by atoms with Gasteiger partial charge in [-0.3, -0.25) is 4.79 Å². The highest BCUT2D eigenvalue weighted by Gasteiger charge is 2.20. The number of amides is 1. The lowest BCUT2D eigenvalue weighted by Crippen LogP contribution is -2.25. The summed E-state index contributed by atoms with van der Waals surface area (Å²) >= 11 is 1.36. The topological polar surface area (TPSA) is 42.0 Å². The summed E-state index contributed by atoms with van der Waals surface area (Å²) in [5, 5.41) is 3.64. The molecule has 0 radical (unpaired) electrons. The van der Waals surface area contributed by atoms with E-state index in [1.165, 1.54) is 23.9 Å². The molecular formula is C20H17F3N2OS. The van der Waals surface area contributed by atoms with Crippen LogP contribution in [0.1, 0.15) is 28.4 Å². The predicted molar refractivity (Wildman–Crippen MR) is 100 cm³/mol. The van der Waals surface area contributed by atoms with Crippen molar-refractivity contribution in [1.29, 1.82) is 0 Å². The van der Waals surface area contributed by atoms with Crippen molar-refractivity contribution in [3.63, 3.8) is 0 Å². The molecule has 3 aromatic rings. The monoisotopic (exact) mass is 390 g/mol. The molecular weight excluding hydrogens is 373 g/mol. The van der Waals surface area contributed by atoms with E-state index >= 15 is 0 Å². The second-order valence-corrected chi connectivity index (χ2v) is 7.20. The Morgan fingerprint density at radius 1 is 1.11 bits per heavy atom. The molecule has 140 valence electrons. The number of aromatic nitrogens is 1. The fraction of sp³-hybridized carbons (Fsp3) is 0.200. The third kappa shape index (κ3) is 4.08. The number of aryl methyl sites for hydroxylation is 1. The summed E-state index contributed by atoms with van der Waals surface area (Å²) in [7, 11) is 0. The minimum absolute atomic E-state index is 0.213. The standard InChI is InChI=1S/C20H17F3N2OS/c1-3-27-20-18(19(26)24-10-12-4-6-13(21)7-5-12)11(2)14-8-15(22)16(23)9-17(14)25-20/h4-9H,3,10H2,1-2H3,(H,24,26). The number of halogens is 3. The zero-order valence-corrected chi connectivity index (χ0v) is 15.6. The highest BCUT2D eigenvalue weighted by Crippen LogP contribution is 2.30. The number of pyridine rings is 1. The molecule has 0 atom stereocenters. The molecule has 0 fully saturated rings. The van der Waals surface area contributed by atoms with E-state index in [-0.39, 0.29) is 18.3 Å². The van der Waals surface area contributed by atoms with Gasteiger partial charge >= 0.3 is 0 Å². The first kappa shape index (κ1) is 19.2. The number of carbonyl (C=O) groups excluding carboxylic acids is 1. The highest BCUT2D eigenvalue weighted by molar-refractivity contribution is 7.99. The summed E-state index contributed by atoms with van der Waals surface area (Å²) in [6, 6.07) is 7.91. The molecule has 1 aromatic heterocycles. The smallest absolute Gasteiger partial charge is 0.254 e. The van der Waals surface area contributed by atoms with Crippen LogP contribution in [-0.4, -0.2) is 16.6 Å². The van der Waals surface area contributed by atoms with Crippen molar-refractivity contribution in [2.45, 2.75) is 25.4 Å². The van der Waals surface area contributed by atoms with Crippen LogP contribution in [0.15, 0.2) is 41.4 Å². The van der Waals surface area contributed by atoms with Crippen LogP contribution in [0.4, 0.5) is 13.2 Å². The maximum atomic E-state index is 13.7. The minimum atomic E-state index is -0.985. The largest absolute Gasteiger partial charge is 0.348 e. The summed E-state index contributed by atoms with van der Waals surface area (Å²) in [4.78, 5) is 17.2. The lowest BCUT2D eigenvalue weighted by Gasteiger charge is -2.14. The molecule has 1 N–H and O–H groups in total. The molecule has 0 spiro atoms. The fourth-order valence-corrected chi connectivity index (χ4v) is 3.60. The van der Waals surface area contributed by atoms with Crippen molar-refractivity contribution in [2.75, 3.05) is 5.75 Å². The maximum absolute atomic E-state index is 13.7. The van der Waals surface area contributed by atoms with E-state index in [0.717, 1.165) is 17.7 Å². The molecule has 0 unspecified atom stereocenters. The summed E-state index contributed by atoms with van der Waals surface area (Å²) < 4.78 is 40.2. The molecule has 0 saturated heterocycles. The van der Waals surface area contributed by atoms with Gasteiger partial charge in [0.2, 0.25) is 0 Å². The van der Waals surface area contributed by atoms with Crippen LogP contribution in [-0.2, 0) is 6.54 Å². The van der Waals surface area contributed by atoms with Gasteiger partial charge in [0.1, 0.15) is 10.8 Å². The van der Waals surface area contributed by atoms with Crippen LogP contribution in [0.3, 0.4) is 0 Å². The van der Waals surface area contributed by atoms with Crippen molar-refractivity contribution in [1.82, 2.24) is 10.3 Å². The second kappa shape index (κ2) is 8.00. The molecule has 0 saturated carbocycles. The number of hydrogen-bond acceptors (Lipinski definition) is 3. The Balaban J connectivity index is 1.98. The number of fused-ring (bicyclic) bond motifs is 1. The number of nitrogens with zero attached hydrogens (tertiary/aromatic N) is 1. The number of benzene rings is 2. The Hall–Kier alpha value is -2.54. The molecule has 2 aromatic carbocycles. The third-order valence-electron chi connectivity index (χ3n) is 4.13. The van der Waals surface area contributed by atoms with Crippen LogP contribution in [0.2, 0.25) is 0 Å². The van der Waals surface area contributed by atoms with Gasteiger partial charge in [-0.2, -0.15) is 0 Å².